The van der Waals surface area contributed by atoms with Gasteiger partial charge in [-0.15, -0.1) is 0 Å². The molecule has 1 aromatic carbocycles. The minimum Gasteiger partial charge on any atom is -0.475 e. The van der Waals surface area contributed by atoms with Crippen molar-refractivity contribution in [2.45, 2.75) is 51.2 Å². The zero-order valence-electron chi connectivity index (χ0n) is 18.3. The van der Waals surface area contributed by atoms with Crippen molar-refractivity contribution in [2.24, 2.45) is 11.7 Å². The molecule has 1 saturated heterocycles. The maximum Gasteiger partial charge on any atom is 0.490 e. The number of carboxylic acids is 1. The SMILES string of the molecule is CCCc1ccc(/C=C/[C@@H]2OC[C@H](C)[C@H](OC)[C@H]2OC(=O)CN)cc1.O=C(O)C(F)(F)F. The zero-order chi connectivity index (χ0) is 24.3. The molecule has 0 aliphatic carbocycles. The summed E-state index contributed by atoms with van der Waals surface area (Å²) in [5, 5.41) is 7.12. The van der Waals surface area contributed by atoms with E-state index in [9.17, 15) is 18.0 Å². The van der Waals surface area contributed by atoms with Crippen LogP contribution in [0.3, 0.4) is 0 Å². The average Bonchev–Trinajstić information content (AvgIpc) is 2.74. The molecule has 0 bridgehead atoms. The van der Waals surface area contributed by atoms with Gasteiger partial charge in [0.15, 0.2) is 6.10 Å². The maximum atomic E-state index is 11.7. The molecular formula is C22H30F3NO6. The number of carbonyl (C=O) groups is 2. The monoisotopic (exact) mass is 461 g/mol. The van der Waals surface area contributed by atoms with Crippen LogP contribution < -0.4 is 5.73 Å². The van der Waals surface area contributed by atoms with Crippen molar-refractivity contribution >= 4 is 18.0 Å². The summed E-state index contributed by atoms with van der Waals surface area (Å²) < 4.78 is 48.7. The Morgan fingerprint density at radius 1 is 1.25 bits per heavy atom. The predicted octanol–water partition coefficient (Wildman–Crippen LogP) is 3.21. The quantitative estimate of drug-likeness (QED) is 0.601. The molecule has 3 N–H and O–H groups in total. The first-order valence-corrected chi connectivity index (χ1v) is 10.1. The molecule has 2 rings (SSSR count). The van der Waals surface area contributed by atoms with Crippen LogP contribution in [-0.4, -0.2) is 61.8 Å². The van der Waals surface area contributed by atoms with Gasteiger partial charge in [0.1, 0.15) is 12.2 Å². The van der Waals surface area contributed by atoms with Crippen molar-refractivity contribution in [1.29, 1.82) is 0 Å². The number of hydrogen-bond acceptors (Lipinski definition) is 6. The fourth-order valence-corrected chi connectivity index (χ4v) is 3.12. The third-order valence-electron chi connectivity index (χ3n) is 4.71. The number of aliphatic carboxylic acids is 1. The van der Waals surface area contributed by atoms with Gasteiger partial charge in [-0.05, 0) is 17.5 Å². The number of ether oxygens (including phenoxy) is 3. The van der Waals surface area contributed by atoms with Gasteiger partial charge in [0.25, 0.3) is 0 Å². The Hall–Kier alpha value is -2.43. The molecular weight excluding hydrogens is 431 g/mol. The summed E-state index contributed by atoms with van der Waals surface area (Å²) in [5.41, 5.74) is 7.80. The Labute approximate surface area is 185 Å². The van der Waals surface area contributed by atoms with Gasteiger partial charge in [-0.25, -0.2) is 4.79 Å². The zero-order valence-corrected chi connectivity index (χ0v) is 18.3. The molecule has 4 atom stereocenters. The number of alkyl halides is 3. The second-order valence-corrected chi connectivity index (χ2v) is 7.29. The standard InChI is InChI=1S/C20H29NO4.C2HF3O2/c1-4-5-15-6-8-16(9-7-15)10-11-17-20(25-18(22)12-21)19(23-3)14(2)13-24-17;3-2(4,5)1(6)7/h6-11,14,17,19-20H,4-5,12-13,21H2,1-3H3;(H,6,7)/b11-10+;/t14-,17-,19-,20-;/m0./s1. The third-order valence-corrected chi connectivity index (χ3v) is 4.71. The Balaban J connectivity index is 0.000000633. The summed E-state index contributed by atoms with van der Waals surface area (Å²) in [4.78, 5) is 20.6. The predicted molar refractivity (Wildman–Crippen MR) is 112 cm³/mol. The summed E-state index contributed by atoms with van der Waals surface area (Å²) in [6.07, 6.45) is -0.0119. The van der Waals surface area contributed by atoms with E-state index in [0.29, 0.717) is 6.61 Å². The van der Waals surface area contributed by atoms with Crippen LogP contribution in [0.5, 0.6) is 0 Å². The average molecular weight is 461 g/mol. The minimum absolute atomic E-state index is 0.138. The minimum atomic E-state index is -5.08. The van der Waals surface area contributed by atoms with Gasteiger partial charge >= 0.3 is 18.1 Å². The fraction of sp³-hybridized carbons (Fsp3) is 0.545. The van der Waals surface area contributed by atoms with E-state index in [1.165, 1.54) is 5.56 Å². The number of carbonyl (C=O) groups excluding carboxylic acids is 1. The highest BCUT2D eigenvalue weighted by Crippen LogP contribution is 2.26. The largest absolute Gasteiger partial charge is 0.490 e. The molecule has 1 heterocycles. The maximum absolute atomic E-state index is 11.7. The molecule has 0 spiro atoms. The fourth-order valence-electron chi connectivity index (χ4n) is 3.12. The first kappa shape index (κ1) is 27.6. The van der Waals surface area contributed by atoms with Crippen molar-refractivity contribution in [3.05, 3.63) is 41.5 Å². The van der Waals surface area contributed by atoms with Gasteiger partial charge in [0, 0.05) is 13.0 Å². The molecule has 180 valence electrons. The van der Waals surface area contributed by atoms with Crippen molar-refractivity contribution in [1.82, 2.24) is 0 Å². The summed E-state index contributed by atoms with van der Waals surface area (Å²) in [5.74, 6) is -3.07. The lowest BCUT2D eigenvalue weighted by atomic mass is 9.92. The Kier molecular flexibility index (Phi) is 11.4. The second-order valence-electron chi connectivity index (χ2n) is 7.29. The van der Waals surface area contributed by atoms with Crippen LogP contribution in [0.2, 0.25) is 0 Å². The van der Waals surface area contributed by atoms with Crippen LogP contribution in [0.1, 0.15) is 31.4 Å². The van der Waals surface area contributed by atoms with Crippen molar-refractivity contribution < 1.29 is 42.1 Å². The molecule has 0 amide bonds. The van der Waals surface area contributed by atoms with E-state index in [-0.39, 0.29) is 24.7 Å². The molecule has 1 fully saturated rings. The Morgan fingerprint density at radius 3 is 2.31 bits per heavy atom. The lowest BCUT2D eigenvalue weighted by Gasteiger charge is -2.39. The van der Waals surface area contributed by atoms with E-state index in [2.05, 4.69) is 31.2 Å². The van der Waals surface area contributed by atoms with Crippen LogP contribution in [0.15, 0.2) is 30.3 Å². The highest BCUT2D eigenvalue weighted by atomic mass is 19.4. The van der Waals surface area contributed by atoms with Gasteiger partial charge in [-0.2, -0.15) is 13.2 Å². The van der Waals surface area contributed by atoms with Crippen molar-refractivity contribution in [3.8, 4) is 0 Å². The number of hydrogen-bond donors (Lipinski definition) is 2. The third kappa shape index (κ3) is 8.97. The summed E-state index contributed by atoms with van der Waals surface area (Å²) in [7, 11) is 1.63. The molecule has 0 radical (unpaired) electrons. The lowest BCUT2D eigenvalue weighted by Crippen LogP contribution is -2.52. The molecule has 1 aliphatic heterocycles. The van der Waals surface area contributed by atoms with Crippen LogP contribution >= 0.6 is 0 Å². The van der Waals surface area contributed by atoms with Gasteiger partial charge in [0.2, 0.25) is 0 Å². The summed E-state index contributed by atoms with van der Waals surface area (Å²) >= 11 is 0. The van der Waals surface area contributed by atoms with E-state index in [1.54, 1.807) is 7.11 Å². The molecule has 10 heteroatoms. The molecule has 0 saturated carbocycles. The second kappa shape index (κ2) is 13.2. The number of aryl methyl sites for hydroxylation is 1. The topological polar surface area (TPSA) is 108 Å². The first-order valence-electron chi connectivity index (χ1n) is 10.1. The van der Waals surface area contributed by atoms with Crippen LogP contribution in [0, 0.1) is 5.92 Å². The Bertz CT molecular complexity index is 751. The summed E-state index contributed by atoms with van der Waals surface area (Å²) in [6, 6.07) is 8.44. The molecule has 0 aromatic heterocycles. The highest BCUT2D eigenvalue weighted by Gasteiger charge is 2.40. The van der Waals surface area contributed by atoms with E-state index in [0.717, 1.165) is 18.4 Å². The van der Waals surface area contributed by atoms with Gasteiger partial charge < -0.3 is 25.1 Å². The molecule has 7 nitrogen and oxygen atoms in total. The van der Waals surface area contributed by atoms with E-state index < -0.39 is 24.2 Å². The normalized spacial score (nSPS) is 23.3. The van der Waals surface area contributed by atoms with Gasteiger partial charge in [-0.1, -0.05) is 56.7 Å². The van der Waals surface area contributed by atoms with Crippen molar-refractivity contribution in [2.75, 3.05) is 20.3 Å². The van der Waals surface area contributed by atoms with E-state index in [1.807, 2.05) is 19.1 Å². The van der Waals surface area contributed by atoms with Crippen LogP contribution in [-0.2, 0) is 30.2 Å². The molecule has 1 aliphatic rings. The number of benzene rings is 1. The van der Waals surface area contributed by atoms with Crippen molar-refractivity contribution in [3.63, 3.8) is 0 Å². The van der Waals surface area contributed by atoms with Gasteiger partial charge in [0.05, 0.1) is 13.2 Å². The van der Waals surface area contributed by atoms with E-state index in [4.69, 9.17) is 29.8 Å². The molecule has 1 aromatic rings. The number of halogens is 3. The smallest absolute Gasteiger partial charge is 0.475 e. The van der Waals surface area contributed by atoms with Crippen LogP contribution in [0.4, 0.5) is 13.2 Å². The first-order chi connectivity index (χ1) is 15.0. The molecule has 0 unspecified atom stereocenters. The number of methoxy groups -OCH3 is 1. The van der Waals surface area contributed by atoms with Crippen LogP contribution in [0.25, 0.3) is 6.08 Å². The summed E-state index contributed by atoms with van der Waals surface area (Å²) in [6.45, 7) is 4.59. The number of carboxylic acid groups (broad SMARTS) is 1. The van der Waals surface area contributed by atoms with Gasteiger partial charge in [-0.3, -0.25) is 4.79 Å². The highest BCUT2D eigenvalue weighted by molar-refractivity contribution is 5.73. The number of nitrogens with two attached hydrogens (primary N) is 1. The number of rotatable bonds is 7. The lowest BCUT2D eigenvalue weighted by molar-refractivity contribution is -0.192. The Morgan fingerprint density at radius 2 is 1.84 bits per heavy atom. The molecule has 32 heavy (non-hydrogen) atoms. The number of esters is 1. The van der Waals surface area contributed by atoms with E-state index >= 15 is 0 Å².